The Kier molecular flexibility index (Phi) is 14.3. The lowest BCUT2D eigenvalue weighted by Gasteiger charge is -2.32. The lowest BCUT2D eigenvalue weighted by Crippen LogP contribution is -2.45. The number of hydrogen-bond acceptors (Lipinski definition) is 4. The Balaban J connectivity index is 0.00000197. The molecule has 0 saturated carbocycles. The first-order valence-electron chi connectivity index (χ1n) is 15.5. The summed E-state index contributed by atoms with van der Waals surface area (Å²) in [5.74, 6) is -0.860. The number of esters is 1. The summed E-state index contributed by atoms with van der Waals surface area (Å²) >= 11 is 0. The van der Waals surface area contributed by atoms with Crippen molar-refractivity contribution in [2.75, 3.05) is 20.2 Å². The predicted octanol–water partition coefficient (Wildman–Crippen LogP) is 7.23. The van der Waals surface area contributed by atoms with Crippen LogP contribution in [-0.4, -0.2) is 47.4 Å². The van der Waals surface area contributed by atoms with E-state index in [1.165, 1.54) is 19.1 Å². The third-order valence-electron chi connectivity index (χ3n) is 7.61. The molecule has 2 aromatic rings. The molecule has 1 aliphatic rings. The molecule has 1 saturated heterocycles. The number of nitrogens with two attached hydrogens (primary N) is 1. The average Bonchev–Trinajstić information content (AvgIpc) is 3.26. The number of carbonyl (C=O) groups excluding carboxylic acids is 3. The van der Waals surface area contributed by atoms with Crippen LogP contribution in [0.4, 0.5) is 0 Å². The van der Waals surface area contributed by atoms with Gasteiger partial charge in [0.2, 0.25) is 5.91 Å². The van der Waals surface area contributed by atoms with Crippen molar-refractivity contribution in [3.63, 3.8) is 0 Å². The first kappa shape index (κ1) is 34.6. The number of ether oxygens (including phenoxy) is 1. The number of amides is 2. The number of likely N-dealkylation sites (tertiary alicyclic amines) is 1. The lowest BCUT2D eigenvalue weighted by atomic mass is 9.93. The summed E-state index contributed by atoms with van der Waals surface area (Å²) in [6.07, 6.45) is 15.4. The van der Waals surface area contributed by atoms with Gasteiger partial charge in [-0.3, -0.25) is 9.59 Å². The molecular formula is C35H51N3O4. The zero-order valence-electron chi connectivity index (χ0n) is 26.7. The number of aromatic nitrogens is 1. The molecule has 1 aromatic carbocycles. The van der Waals surface area contributed by atoms with Crippen LogP contribution in [-0.2, 0) is 20.9 Å². The summed E-state index contributed by atoms with van der Waals surface area (Å²) in [6, 6.07) is 5.67. The average molecular weight is 578 g/mol. The summed E-state index contributed by atoms with van der Waals surface area (Å²) in [7, 11) is 1.38. The normalized spacial score (nSPS) is 16.5. The SMILES string of the molecule is CCC.CC\C=C/C=C\C=C(/Cn1c(C)c(C(C)CCC)c2ccc(C(=O)OC)cc21)C(=O)N1CCCC(C(N)=O)C1. The van der Waals surface area contributed by atoms with E-state index >= 15 is 0 Å². The van der Waals surface area contributed by atoms with E-state index in [0.717, 1.165) is 42.3 Å². The Hall–Kier alpha value is -3.61. The summed E-state index contributed by atoms with van der Waals surface area (Å²) in [5, 5.41) is 1.08. The molecule has 1 aliphatic heterocycles. The zero-order valence-corrected chi connectivity index (χ0v) is 26.7. The van der Waals surface area contributed by atoms with E-state index in [-0.39, 0.29) is 17.7 Å². The number of methoxy groups -OCH3 is 1. The summed E-state index contributed by atoms with van der Waals surface area (Å²) in [4.78, 5) is 39.9. The topological polar surface area (TPSA) is 94.6 Å². The minimum atomic E-state index is -0.395. The van der Waals surface area contributed by atoms with Gasteiger partial charge in [-0.25, -0.2) is 4.79 Å². The van der Waals surface area contributed by atoms with Gasteiger partial charge in [-0.05, 0) is 56.2 Å². The van der Waals surface area contributed by atoms with Crippen LogP contribution in [0.1, 0.15) is 101 Å². The van der Waals surface area contributed by atoms with Crippen LogP contribution >= 0.6 is 0 Å². The molecule has 2 heterocycles. The van der Waals surface area contributed by atoms with E-state index in [4.69, 9.17) is 10.5 Å². The van der Waals surface area contributed by atoms with Crippen LogP contribution < -0.4 is 5.73 Å². The van der Waals surface area contributed by atoms with Gasteiger partial charge >= 0.3 is 5.97 Å². The molecule has 7 heteroatoms. The smallest absolute Gasteiger partial charge is 0.337 e. The van der Waals surface area contributed by atoms with E-state index in [1.54, 1.807) is 4.90 Å². The number of fused-ring (bicyclic) bond motifs is 1. The predicted molar refractivity (Wildman–Crippen MR) is 172 cm³/mol. The fourth-order valence-corrected chi connectivity index (χ4v) is 5.56. The number of piperidine rings is 1. The number of carbonyl (C=O) groups is 3. The van der Waals surface area contributed by atoms with Crippen molar-refractivity contribution >= 4 is 28.7 Å². The third kappa shape index (κ3) is 8.94. The molecular weight excluding hydrogens is 526 g/mol. The molecule has 7 nitrogen and oxygen atoms in total. The van der Waals surface area contributed by atoms with Gasteiger partial charge in [0.25, 0.3) is 5.91 Å². The molecule has 42 heavy (non-hydrogen) atoms. The molecule has 0 spiro atoms. The molecule has 1 fully saturated rings. The molecule has 0 aliphatic carbocycles. The van der Waals surface area contributed by atoms with E-state index in [2.05, 4.69) is 46.1 Å². The number of nitrogens with zero attached hydrogens (tertiary/aromatic N) is 2. The van der Waals surface area contributed by atoms with E-state index in [0.29, 0.717) is 43.1 Å². The highest BCUT2D eigenvalue weighted by Crippen LogP contribution is 2.35. The maximum atomic E-state index is 13.9. The number of hydrogen-bond donors (Lipinski definition) is 1. The highest BCUT2D eigenvalue weighted by molar-refractivity contribution is 5.97. The molecule has 2 N–H and O–H groups in total. The van der Waals surface area contributed by atoms with Crippen LogP contribution in [0.3, 0.4) is 0 Å². The fourth-order valence-electron chi connectivity index (χ4n) is 5.56. The second-order valence-corrected chi connectivity index (χ2v) is 11.1. The second-order valence-electron chi connectivity index (χ2n) is 11.1. The summed E-state index contributed by atoms with van der Waals surface area (Å²) < 4.78 is 7.12. The van der Waals surface area contributed by atoms with Gasteiger partial charge < -0.3 is 19.9 Å². The molecule has 2 unspecified atom stereocenters. The van der Waals surface area contributed by atoms with Crippen LogP contribution in [0.2, 0.25) is 0 Å². The molecule has 1 aromatic heterocycles. The molecule has 2 amide bonds. The number of benzene rings is 1. The Morgan fingerprint density at radius 2 is 1.83 bits per heavy atom. The first-order valence-corrected chi connectivity index (χ1v) is 15.5. The molecule has 2 atom stereocenters. The van der Waals surface area contributed by atoms with Crippen LogP contribution in [0.25, 0.3) is 10.9 Å². The maximum absolute atomic E-state index is 13.9. The Morgan fingerprint density at radius 1 is 1.12 bits per heavy atom. The lowest BCUT2D eigenvalue weighted by molar-refractivity contribution is -0.131. The minimum absolute atomic E-state index is 0.0985. The number of allylic oxidation sites excluding steroid dienone is 5. The van der Waals surface area contributed by atoms with Gasteiger partial charge in [-0.1, -0.05) is 83.9 Å². The highest BCUT2D eigenvalue weighted by Gasteiger charge is 2.29. The van der Waals surface area contributed by atoms with E-state index in [1.807, 2.05) is 48.6 Å². The Labute approximate surface area is 252 Å². The molecule has 230 valence electrons. The molecule has 0 bridgehead atoms. The van der Waals surface area contributed by atoms with Gasteiger partial charge in [0.15, 0.2) is 0 Å². The standard InChI is InChI=1S/C32H43N3O4.C3H8/c1-6-8-9-10-11-14-26(31(37)34-18-12-15-25(20-34)30(33)36)21-35-23(4)29(22(3)13-7-2)27-17-16-24(19-28(27)35)32(38)39-5;1-3-2/h8-11,14,16-17,19,22,25H,6-7,12-13,15,18,20-21H2,1-5H3,(H2,33,36);3H2,1-2H3/b9-8-,11-10-,26-14+;. The second kappa shape index (κ2) is 17.4. The van der Waals surface area contributed by atoms with Crippen molar-refractivity contribution in [1.29, 1.82) is 0 Å². The Morgan fingerprint density at radius 3 is 2.45 bits per heavy atom. The number of rotatable bonds is 11. The van der Waals surface area contributed by atoms with Crippen molar-refractivity contribution in [3.8, 4) is 0 Å². The maximum Gasteiger partial charge on any atom is 0.337 e. The minimum Gasteiger partial charge on any atom is -0.465 e. The van der Waals surface area contributed by atoms with Crippen molar-refractivity contribution in [2.24, 2.45) is 11.7 Å². The van der Waals surface area contributed by atoms with E-state index < -0.39 is 5.97 Å². The monoisotopic (exact) mass is 577 g/mol. The van der Waals surface area contributed by atoms with Gasteiger partial charge in [0.1, 0.15) is 0 Å². The quantitative estimate of drug-likeness (QED) is 0.173. The zero-order chi connectivity index (χ0) is 31.2. The highest BCUT2D eigenvalue weighted by atomic mass is 16.5. The largest absolute Gasteiger partial charge is 0.465 e. The van der Waals surface area contributed by atoms with Crippen LogP contribution in [0.15, 0.2) is 54.2 Å². The summed E-state index contributed by atoms with van der Waals surface area (Å²) in [5.41, 5.74) is 9.89. The fraction of sp³-hybridized carbons (Fsp3) is 0.514. The van der Waals surface area contributed by atoms with Crippen molar-refractivity contribution in [3.05, 3.63) is 71.0 Å². The van der Waals surface area contributed by atoms with Gasteiger partial charge in [0, 0.05) is 35.3 Å². The first-order chi connectivity index (χ1) is 20.1. The van der Waals surface area contributed by atoms with Crippen LogP contribution in [0.5, 0.6) is 0 Å². The van der Waals surface area contributed by atoms with Crippen molar-refractivity contribution < 1.29 is 19.1 Å². The third-order valence-corrected chi connectivity index (χ3v) is 7.61. The van der Waals surface area contributed by atoms with E-state index in [9.17, 15) is 14.4 Å². The Bertz CT molecular complexity index is 1300. The van der Waals surface area contributed by atoms with Crippen LogP contribution in [0, 0.1) is 12.8 Å². The molecule has 0 radical (unpaired) electrons. The van der Waals surface area contributed by atoms with Gasteiger partial charge in [-0.15, -0.1) is 0 Å². The van der Waals surface area contributed by atoms with Gasteiger partial charge in [0.05, 0.1) is 25.1 Å². The number of primary amides is 1. The van der Waals surface area contributed by atoms with Crippen molar-refractivity contribution in [1.82, 2.24) is 9.47 Å². The van der Waals surface area contributed by atoms with Crippen molar-refractivity contribution in [2.45, 2.75) is 92.5 Å². The summed E-state index contributed by atoms with van der Waals surface area (Å²) in [6.45, 7) is 14.1. The van der Waals surface area contributed by atoms with Gasteiger partial charge in [-0.2, -0.15) is 0 Å². The molecule has 3 rings (SSSR count).